The van der Waals surface area contributed by atoms with E-state index in [0.717, 1.165) is 17.7 Å². The topological polar surface area (TPSA) is 119 Å². The van der Waals surface area contributed by atoms with Gasteiger partial charge in [-0.3, -0.25) is 14.4 Å². The molecule has 0 bridgehead atoms. The summed E-state index contributed by atoms with van der Waals surface area (Å²) in [5.41, 5.74) is 2.02. The number of rotatable bonds is 14. The van der Waals surface area contributed by atoms with Crippen LogP contribution in [0.5, 0.6) is 5.75 Å². The molecule has 37 heavy (non-hydrogen) atoms. The number of para-hydroxylation sites is 1. The Hall–Kier alpha value is -3.79. The quantitative estimate of drug-likeness (QED) is 0.249. The van der Waals surface area contributed by atoms with Gasteiger partial charge in [0.2, 0.25) is 18.2 Å². The Balaban J connectivity index is 1.92. The Morgan fingerprint density at radius 2 is 1.97 bits per heavy atom. The maximum atomic E-state index is 13.7. The van der Waals surface area contributed by atoms with Crippen LogP contribution < -0.4 is 15.0 Å². The van der Waals surface area contributed by atoms with Gasteiger partial charge in [0, 0.05) is 18.4 Å². The van der Waals surface area contributed by atoms with Gasteiger partial charge >= 0.3 is 0 Å². The van der Waals surface area contributed by atoms with Crippen LogP contribution in [0.2, 0.25) is 0 Å². The van der Waals surface area contributed by atoms with E-state index in [1.807, 2.05) is 31.2 Å². The second-order valence-electron chi connectivity index (χ2n) is 8.75. The maximum absolute atomic E-state index is 13.7. The summed E-state index contributed by atoms with van der Waals surface area (Å²) in [6.45, 7) is 5.54. The van der Waals surface area contributed by atoms with Crippen molar-refractivity contribution in [1.82, 2.24) is 10.3 Å². The highest BCUT2D eigenvalue weighted by Crippen LogP contribution is 2.42. The zero-order valence-electron chi connectivity index (χ0n) is 21.4. The van der Waals surface area contributed by atoms with Crippen molar-refractivity contribution < 1.29 is 28.3 Å². The second-order valence-corrected chi connectivity index (χ2v) is 9.75. The third-order valence-corrected chi connectivity index (χ3v) is 7.48. The van der Waals surface area contributed by atoms with Crippen LogP contribution in [0.4, 0.5) is 5.00 Å². The van der Waals surface area contributed by atoms with E-state index in [2.05, 4.69) is 10.3 Å². The minimum absolute atomic E-state index is 0.0701. The lowest BCUT2D eigenvalue weighted by atomic mass is 9.89. The predicted octanol–water partition coefficient (Wildman–Crippen LogP) is 4.09. The molecule has 0 aliphatic carbocycles. The Morgan fingerprint density at radius 3 is 2.62 bits per heavy atom. The maximum Gasteiger partial charge on any atom is 0.236 e. The molecular weight excluding hydrogens is 494 g/mol. The fourth-order valence-electron chi connectivity index (χ4n) is 4.19. The normalized spacial score (nSPS) is 12.4. The minimum Gasteiger partial charge on any atom is -0.496 e. The predicted molar refractivity (Wildman–Crippen MR) is 141 cm³/mol. The van der Waals surface area contributed by atoms with Gasteiger partial charge in [0.05, 0.1) is 30.3 Å². The van der Waals surface area contributed by atoms with E-state index in [0.29, 0.717) is 46.1 Å². The smallest absolute Gasteiger partial charge is 0.236 e. The van der Waals surface area contributed by atoms with Gasteiger partial charge in [-0.25, -0.2) is 4.98 Å². The number of ether oxygens (including phenoxy) is 1. The third kappa shape index (κ3) is 6.51. The highest BCUT2D eigenvalue weighted by molar-refractivity contribution is 7.20. The summed E-state index contributed by atoms with van der Waals surface area (Å²) in [4.78, 5) is 55.3. The fraction of sp³-hybridized carbons (Fsp3) is 0.370. The molecule has 0 spiro atoms. The molecule has 3 aromatic rings. The monoisotopic (exact) mass is 525 g/mol. The highest BCUT2D eigenvalue weighted by Gasteiger charge is 2.31. The minimum atomic E-state index is -0.510. The Kier molecular flexibility index (Phi) is 9.73. The van der Waals surface area contributed by atoms with E-state index < -0.39 is 11.8 Å². The molecule has 2 heterocycles. The summed E-state index contributed by atoms with van der Waals surface area (Å²) in [7, 11) is 1.60. The molecule has 1 aromatic carbocycles. The number of ketones is 1. The van der Waals surface area contributed by atoms with Crippen LogP contribution in [0.25, 0.3) is 10.8 Å². The summed E-state index contributed by atoms with van der Waals surface area (Å²) in [5.74, 6) is -0.360. The first-order valence-electron chi connectivity index (χ1n) is 11.9. The molecule has 1 N–H and O–H groups in total. The molecule has 196 valence electrons. The van der Waals surface area contributed by atoms with Crippen LogP contribution in [0.15, 0.2) is 41.1 Å². The van der Waals surface area contributed by atoms with Crippen LogP contribution in [0.3, 0.4) is 0 Å². The second kappa shape index (κ2) is 13.0. The first kappa shape index (κ1) is 27.8. The number of amides is 2. The number of Topliss-reactive ketones (excluding diaryl/α,β-unsaturated/α-hetero) is 1. The Morgan fingerprint density at radius 1 is 1.22 bits per heavy atom. The SMILES string of the molecule is COc1ccccc1CCN(C=O)c1sc(-c2ncco2)c(C)c1C(=O)C(C)CC(C)C(=O)NCC=O. The number of hydrogen-bond acceptors (Lipinski definition) is 8. The van der Waals surface area contributed by atoms with Gasteiger partial charge < -0.3 is 24.2 Å². The lowest BCUT2D eigenvalue weighted by Gasteiger charge is -2.21. The summed E-state index contributed by atoms with van der Waals surface area (Å²) in [5, 5.41) is 3.03. The van der Waals surface area contributed by atoms with Crippen LogP contribution in [-0.4, -0.2) is 49.6 Å². The number of hydrogen-bond donors (Lipinski definition) is 1. The average molecular weight is 526 g/mol. The van der Waals surface area contributed by atoms with Crippen LogP contribution in [-0.2, 0) is 20.8 Å². The van der Waals surface area contributed by atoms with E-state index in [-0.39, 0.29) is 24.7 Å². The molecule has 0 radical (unpaired) electrons. The number of oxazole rings is 1. The first-order valence-corrected chi connectivity index (χ1v) is 12.8. The van der Waals surface area contributed by atoms with E-state index in [4.69, 9.17) is 9.15 Å². The number of thiophene rings is 1. The molecule has 0 fully saturated rings. The first-order chi connectivity index (χ1) is 17.8. The zero-order chi connectivity index (χ0) is 26.9. The molecule has 2 atom stereocenters. The highest BCUT2D eigenvalue weighted by atomic mass is 32.1. The standard InChI is InChI=1S/C27H31N3O6S/c1-17(15-18(2)25(34)28-10-13-31)23(33)22-19(3)24(26-29-11-14-36-26)37-27(22)30(16-32)12-9-20-7-5-6-8-21(20)35-4/h5-8,11,13-14,16-18H,9-10,12,15H2,1-4H3,(H,28,34). The molecule has 10 heteroatoms. The van der Waals surface area contributed by atoms with Gasteiger partial charge in [-0.15, -0.1) is 11.3 Å². The number of aromatic nitrogens is 1. The third-order valence-electron chi connectivity index (χ3n) is 6.17. The number of methoxy groups -OCH3 is 1. The largest absolute Gasteiger partial charge is 0.496 e. The number of nitrogens with zero attached hydrogens (tertiary/aromatic N) is 2. The Labute approximate surface area is 219 Å². The molecule has 3 rings (SSSR count). The fourth-order valence-corrected chi connectivity index (χ4v) is 5.43. The van der Waals surface area contributed by atoms with Gasteiger partial charge in [0.25, 0.3) is 0 Å². The number of nitrogens with one attached hydrogen (secondary N) is 1. The van der Waals surface area contributed by atoms with Gasteiger partial charge in [0.15, 0.2) is 5.78 Å². The van der Waals surface area contributed by atoms with Crippen LogP contribution >= 0.6 is 11.3 Å². The zero-order valence-corrected chi connectivity index (χ0v) is 22.2. The van der Waals surface area contributed by atoms with Crippen molar-refractivity contribution in [2.45, 2.75) is 33.6 Å². The lowest BCUT2D eigenvalue weighted by Crippen LogP contribution is -2.32. The molecular formula is C27H31N3O6S. The van der Waals surface area contributed by atoms with Crippen LogP contribution in [0.1, 0.15) is 41.8 Å². The van der Waals surface area contributed by atoms with Gasteiger partial charge in [-0.2, -0.15) is 0 Å². The van der Waals surface area contributed by atoms with Gasteiger partial charge in [-0.05, 0) is 37.0 Å². The van der Waals surface area contributed by atoms with E-state index in [1.54, 1.807) is 21.0 Å². The van der Waals surface area contributed by atoms with Crippen molar-refractivity contribution in [2.24, 2.45) is 11.8 Å². The molecule has 0 aliphatic heterocycles. The van der Waals surface area contributed by atoms with E-state index in [9.17, 15) is 19.2 Å². The number of anilines is 1. The molecule has 0 aliphatic rings. The molecule has 9 nitrogen and oxygen atoms in total. The van der Waals surface area contributed by atoms with E-state index >= 15 is 0 Å². The summed E-state index contributed by atoms with van der Waals surface area (Å²) in [6, 6.07) is 7.58. The van der Waals surface area contributed by atoms with Crippen molar-refractivity contribution in [3.63, 3.8) is 0 Å². The number of aldehydes is 1. The lowest BCUT2D eigenvalue weighted by molar-refractivity contribution is -0.126. The van der Waals surface area contributed by atoms with Crippen molar-refractivity contribution in [1.29, 1.82) is 0 Å². The van der Waals surface area contributed by atoms with Gasteiger partial charge in [-0.1, -0.05) is 32.0 Å². The van der Waals surface area contributed by atoms with Crippen molar-refractivity contribution in [2.75, 3.05) is 25.1 Å². The summed E-state index contributed by atoms with van der Waals surface area (Å²) < 4.78 is 10.9. The van der Waals surface area contributed by atoms with Crippen molar-refractivity contribution in [3.05, 3.63) is 53.4 Å². The number of carbonyl (C=O) groups excluding carboxylic acids is 4. The molecule has 0 saturated carbocycles. The van der Waals surface area contributed by atoms with Gasteiger partial charge in [0.1, 0.15) is 23.3 Å². The molecule has 2 aromatic heterocycles. The average Bonchev–Trinajstić information content (AvgIpc) is 3.55. The van der Waals surface area contributed by atoms with Crippen molar-refractivity contribution >= 4 is 40.7 Å². The Bertz CT molecular complexity index is 1240. The molecule has 0 saturated heterocycles. The van der Waals surface area contributed by atoms with Crippen LogP contribution in [0, 0.1) is 18.8 Å². The van der Waals surface area contributed by atoms with E-state index in [1.165, 1.54) is 28.7 Å². The number of carbonyl (C=O) groups is 4. The summed E-state index contributed by atoms with van der Waals surface area (Å²) in [6.07, 6.45) is 5.12. The summed E-state index contributed by atoms with van der Waals surface area (Å²) >= 11 is 1.27. The number of benzene rings is 1. The molecule has 2 amide bonds. The van der Waals surface area contributed by atoms with Crippen molar-refractivity contribution in [3.8, 4) is 16.5 Å². The molecule has 2 unspecified atom stereocenters.